The van der Waals surface area contributed by atoms with Gasteiger partial charge in [0.1, 0.15) is 6.23 Å². The number of aliphatic hydroxyl groups excluding tert-OH is 1. The van der Waals surface area contributed by atoms with Gasteiger partial charge in [-0.05, 0) is 35.6 Å². The van der Waals surface area contributed by atoms with E-state index in [1.807, 2.05) is 0 Å². The van der Waals surface area contributed by atoms with E-state index >= 15 is 0 Å². The van der Waals surface area contributed by atoms with Crippen LogP contribution in [-0.2, 0) is 13.1 Å². The maximum Gasteiger partial charge on any atom is 0.108 e. The van der Waals surface area contributed by atoms with E-state index in [4.69, 9.17) is 0 Å². The molecule has 0 spiro atoms. The summed E-state index contributed by atoms with van der Waals surface area (Å²) in [5, 5.41) is 10.1. The molecule has 0 radical (unpaired) electrons. The van der Waals surface area contributed by atoms with Crippen LogP contribution in [0.25, 0.3) is 0 Å². The van der Waals surface area contributed by atoms with Crippen LogP contribution in [0, 0.1) is 5.92 Å². The Kier molecular flexibility index (Phi) is 2.78. The molecule has 1 aromatic rings. The SMILES string of the molecule is OC(CC1CC1)N1Cc2ccc(Br)cc2C1. The fourth-order valence-corrected chi connectivity index (χ4v) is 2.81. The van der Waals surface area contributed by atoms with Gasteiger partial charge in [-0.3, -0.25) is 4.90 Å². The van der Waals surface area contributed by atoms with Crippen LogP contribution in [0.15, 0.2) is 22.7 Å². The molecule has 0 bridgehead atoms. The Hall–Kier alpha value is -0.380. The first kappa shape index (κ1) is 10.8. The molecule has 1 saturated carbocycles. The summed E-state index contributed by atoms with van der Waals surface area (Å²) in [4.78, 5) is 2.18. The molecule has 2 aliphatic rings. The van der Waals surface area contributed by atoms with Crippen LogP contribution in [0.5, 0.6) is 0 Å². The quantitative estimate of drug-likeness (QED) is 0.921. The first-order valence-corrected chi connectivity index (χ1v) is 6.71. The van der Waals surface area contributed by atoms with E-state index in [2.05, 4.69) is 39.0 Å². The topological polar surface area (TPSA) is 23.5 Å². The minimum Gasteiger partial charge on any atom is -0.378 e. The molecule has 3 rings (SSSR count). The van der Waals surface area contributed by atoms with Gasteiger partial charge in [0.2, 0.25) is 0 Å². The summed E-state index contributed by atoms with van der Waals surface area (Å²) in [6, 6.07) is 6.40. The van der Waals surface area contributed by atoms with Gasteiger partial charge in [-0.1, -0.05) is 34.8 Å². The molecule has 86 valence electrons. The first-order valence-electron chi connectivity index (χ1n) is 5.92. The van der Waals surface area contributed by atoms with E-state index in [9.17, 15) is 5.11 Å². The maximum absolute atomic E-state index is 10.1. The molecular weight excluding hydrogens is 266 g/mol. The van der Waals surface area contributed by atoms with Crippen molar-refractivity contribution in [3.63, 3.8) is 0 Å². The smallest absolute Gasteiger partial charge is 0.108 e. The van der Waals surface area contributed by atoms with Crippen molar-refractivity contribution in [3.05, 3.63) is 33.8 Å². The number of fused-ring (bicyclic) bond motifs is 1. The highest BCUT2D eigenvalue weighted by Crippen LogP contribution is 2.36. The molecule has 16 heavy (non-hydrogen) atoms. The zero-order valence-electron chi connectivity index (χ0n) is 9.19. The van der Waals surface area contributed by atoms with Crippen LogP contribution in [0.1, 0.15) is 30.4 Å². The van der Waals surface area contributed by atoms with Crippen molar-refractivity contribution in [1.82, 2.24) is 4.90 Å². The molecule has 1 heterocycles. The second-order valence-electron chi connectivity index (χ2n) is 4.98. The molecule has 1 unspecified atom stereocenters. The van der Waals surface area contributed by atoms with Crippen molar-refractivity contribution >= 4 is 15.9 Å². The van der Waals surface area contributed by atoms with Crippen LogP contribution in [-0.4, -0.2) is 16.2 Å². The molecule has 1 fully saturated rings. The average molecular weight is 282 g/mol. The number of rotatable bonds is 3. The summed E-state index contributed by atoms with van der Waals surface area (Å²) in [6.45, 7) is 1.79. The largest absolute Gasteiger partial charge is 0.378 e. The standard InChI is InChI=1S/C13H16BrNO/c14-12-4-3-10-7-15(8-11(10)6-12)13(16)5-9-1-2-9/h3-4,6,9,13,16H,1-2,5,7-8H2. The highest BCUT2D eigenvalue weighted by molar-refractivity contribution is 9.10. The molecule has 0 saturated heterocycles. The summed E-state index contributed by atoms with van der Waals surface area (Å²) >= 11 is 3.49. The zero-order chi connectivity index (χ0) is 11.1. The monoisotopic (exact) mass is 281 g/mol. The Morgan fingerprint density at radius 3 is 2.81 bits per heavy atom. The minimum absolute atomic E-state index is 0.251. The van der Waals surface area contributed by atoms with E-state index in [-0.39, 0.29) is 6.23 Å². The van der Waals surface area contributed by atoms with E-state index in [1.54, 1.807) is 0 Å². The Bertz CT molecular complexity index is 403. The number of halogens is 1. The van der Waals surface area contributed by atoms with Crippen molar-refractivity contribution in [1.29, 1.82) is 0 Å². The maximum atomic E-state index is 10.1. The zero-order valence-corrected chi connectivity index (χ0v) is 10.8. The van der Waals surface area contributed by atoms with Gasteiger partial charge in [0.25, 0.3) is 0 Å². The van der Waals surface area contributed by atoms with E-state index in [0.29, 0.717) is 0 Å². The second-order valence-corrected chi connectivity index (χ2v) is 5.89. The molecule has 1 atom stereocenters. The van der Waals surface area contributed by atoms with E-state index in [1.165, 1.54) is 24.0 Å². The number of benzene rings is 1. The minimum atomic E-state index is -0.251. The molecule has 1 aliphatic carbocycles. The van der Waals surface area contributed by atoms with Crippen molar-refractivity contribution in [2.45, 2.75) is 38.6 Å². The van der Waals surface area contributed by atoms with Crippen LogP contribution in [0.3, 0.4) is 0 Å². The number of hydrogen-bond donors (Lipinski definition) is 1. The molecule has 0 aromatic heterocycles. The molecule has 2 nitrogen and oxygen atoms in total. The molecular formula is C13H16BrNO. The summed E-state index contributed by atoms with van der Waals surface area (Å²) < 4.78 is 1.13. The van der Waals surface area contributed by atoms with Gasteiger partial charge >= 0.3 is 0 Å². The number of hydrogen-bond acceptors (Lipinski definition) is 2. The van der Waals surface area contributed by atoms with Gasteiger partial charge in [-0.15, -0.1) is 0 Å². The van der Waals surface area contributed by atoms with Crippen molar-refractivity contribution in [3.8, 4) is 0 Å². The summed E-state index contributed by atoms with van der Waals surface area (Å²) in [5.74, 6) is 0.783. The third-order valence-electron chi connectivity index (χ3n) is 3.58. The van der Waals surface area contributed by atoms with Gasteiger partial charge in [0.15, 0.2) is 0 Å². The van der Waals surface area contributed by atoms with Crippen molar-refractivity contribution < 1.29 is 5.11 Å². The van der Waals surface area contributed by atoms with Gasteiger partial charge in [-0.25, -0.2) is 0 Å². The van der Waals surface area contributed by atoms with Crippen LogP contribution < -0.4 is 0 Å². The highest BCUT2D eigenvalue weighted by atomic mass is 79.9. The summed E-state index contributed by atoms with van der Waals surface area (Å²) in [5.41, 5.74) is 2.71. The number of aliphatic hydroxyl groups is 1. The van der Waals surface area contributed by atoms with E-state index in [0.717, 1.165) is 29.9 Å². The Labute approximate surface area is 104 Å². The Morgan fingerprint density at radius 1 is 1.31 bits per heavy atom. The van der Waals surface area contributed by atoms with Gasteiger partial charge in [0.05, 0.1) is 0 Å². The molecule has 3 heteroatoms. The van der Waals surface area contributed by atoms with Crippen molar-refractivity contribution in [2.24, 2.45) is 5.92 Å². The Balaban J connectivity index is 1.69. The molecule has 1 aromatic carbocycles. The van der Waals surface area contributed by atoms with Crippen LogP contribution in [0.2, 0.25) is 0 Å². The second kappa shape index (κ2) is 4.13. The molecule has 1 aliphatic heterocycles. The van der Waals surface area contributed by atoms with E-state index < -0.39 is 0 Å². The van der Waals surface area contributed by atoms with Crippen LogP contribution in [0.4, 0.5) is 0 Å². The Morgan fingerprint density at radius 2 is 2.06 bits per heavy atom. The van der Waals surface area contributed by atoms with Gasteiger partial charge in [-0.2, -0.15) is 0 Å². The fraction of sp³-hybridized carbons (Fsp3) is 0.538. The predicted octanol–water partition coefficient (Wildman–Crippen LogP) is 2.88. The third-order valence-corrected chi connectivity index (χ3v) is 4.07. The lowest BCUT2D eigenvalue weighted by Crippen LogP contribution is -2.30. The van der Waals surface area contributed by atoms with Crippen molar-refractivity contribution in [2.75, 3.05) is 0 Å². The number of nitrogens with zero attached hydrogens (tertiary/aromatic N) is 1. The lowest BCUT2D eigenvalue weighted by molar-refractivity contribution is -0.00960. The normalized spacial score (nSPS) is 22.1. The molecule has 1 N–H and O–H groups in total. The van der Waals surface area contributed by atoms with Gasteiger partial charge < -0.3 is 5.11 Å². The summed E-state index contributed by atoms with van der Waals surface area (Å²) in [7, 11) is 0. The lowest BCUT2D eigenvalue weighted by Gasteiger charge is -2.22. The van der Waals surface area contributed by atoms with Crippen LogP contribution >= 0.6 is 15.9 Å². The summed E-state index contributed by atoms with van der Waals surface area (Å²) in [6.07, 6.45) is 3.32. The fourth-order valence-electron chi connectivity index (χ4n) is 2.40. The molecule has 0 amide bonds. The predicted molar refractivity (Wildman–Crippen MR) is 66.7 cm³/mol. The third kappa shape index (κ3) is 2.17. The highest BCUT2D eigenvalue weighted by Gasteiger charge is 2.30. The average Bonchev–Trinajstić information content (AvgIpc) is 2.95. The lowest BCUT2D eigenvalue weighted by atomic mass is 10.1. The van der Waals surface area contributed by atoms with Gasteiger partial charge in [0, 0.05) is 17.6 Å². The first-order chi connectivity index (χ1) is 7.72.